The summed E-state index contributed by atoms with van der Waals surface area (Å²) in [5.74, 6) is -0.878. The molecule has 3 rings (SSSR count). The molecular weight excluding hydrogens is 425 g/mol. The molecule has 3 aromatic rings. The molecule has 3 nitrogen and oxygen atoms in total. The van der Waals surface area contributed by atoms with Crippen molar-refractivity contribution in [1.29, 1.82) is 0 Å². The number of rotatable bonds is 3. The SMILES string of the molecule is NS(=O)(=O)c1ccc(-c2ccc(-c3cccc(Br)c3)c(S)c2)cc1F. The van der Waals surface area contributed by atoms with Crippen molar-refractivity contribution in [2.24, 2.45) is 5.14 Å². The van der Waals surface area contributed by atoms with Gasteiger partial charge in [0.2, 0.25) is 10.0 Å². The Bertz CT molecular complexity index is 1070. The van der Waals surface area contributed by atoms with Gasteiger partial charge in [0.1, 0.15) is 10.7 Å². The first-order chi connectivity index (χ1) is 11.8. The lowest BCUT2D eigenvalue weighted by Crippen LogP contribution is -2.13. The van der Waals surface area contributed by atoms with E-state index in [2.05, 4.69) is 28.6 Å². The monoisotopic (exact) mass is 437 g/mol. The van der Waals surface area contributed by atoms with Gasteiger partial charge in [-0.2, -0.15) is 0 Å². The third kappa shape index (κ3) is 3.95. The molecule has 0 aliphatic heterocycles. The summed E-state index contributed by atoms with van der Waals surface area (Å²) < 4.78 is 37.6. The number of thiol groups is 1. The van der Waals surface area contributed by atoms with Crippen LogP contribution in [0, 0.1) is 5.82 Å². The number of primary sulfonamides is 1. The molecule has 0 atom stereocenters. The Balaban J connectivity index is 2.03. The predicted molar refractivity (Wildman–Crippen MR) is 104 cm³/mol. The minimum atomic E-state index is -4.08. The second-order valence-electron chi connectivity index (χ2n) is 5.43. The van der Waals surface area contributed by atoms with Crippen LogP contribution in [0.3, 0.4) is 0 Å². The number of hydrogen-bond donors (Lipinski definition) is 2. The number of halogens is 2. The van der Waals surface area contributed by atoms with E-state index in [0.717, 1.165) is 32.1 Å². The Morgan fingerprint density at radius 3 is 2.20 bits per heavy atom. The van der Waals surface area contributed by atoms with Gasteiger partial charge in [-0.15, -0.1) is 12.6 Å². The minimum absolute atomic E-state index is 0.520. The van der Waals surface area contributed by atoms with E-state index in [4.69, 9.17) is 5.14 Å². The molecule has 128 valence electrons. The highest BCUT2D eigenvalue weighted by molar-refractivity contribution is 9.10. The molecule has 0 aromatic heterocycles. The first-order valence-corrected chi connectivity index (χ1v) is 9.96. The predicted octanol–water partition coefficient (Wildman–Crippen LogP) is 4.86. The summed E-state index contributed by atoms with van der Waals surface area (Å²) >= 11 is 7.97. The average Bonchev–Trinajstić information content (AvgIpc) is 2.53. The summed E-state index contributed by atoms with van der Waals surface area (Å²) in [6.07, 6.45) is 0. The van der Waals surface area contributed by atoms with Gasteiger partial charge in [0, 0.05) is 9.37 Å². The normalized spacial score (nSPS) is 11.5. The maximum atomic E-state index is 14.0. The largest absolute Gasteiger partial charge is 0.240 e. The Morgan fingerprint density at radius 1 is 0.920 bits per heavy atom. The summed E-state index contributed by atoms with van der Waals surface area (Å²) in [5.41, 5.74) is 3.21. The van der Waals surface area contributed by atoms with E-state index in [1.54, 1.807) is 0 Å². The van der Waals surface area contributed by atoms with Gasteiger partial charge in [-0.25, -0.2) is 17.9 Å². The van der Waals surface area contributed by atoms with Gasteiger partial charge in [0.05, 0.1) is 0 Å². The van der Waals surface area contributed by atoms with Crippen molar-refractivity contribution in [2.75, 3.05) is 0 Å². The van der Waals surface area contributed by atoms with Gasteiger partial charge in [-0.1, -0.05) is 46.3 Å². The third-order valence-corrected chi connectivity index (χ3v) is 5.51. The van der Waals surface area contributed by atoms with Crippen molar-refractivity contribution in [2.45, 2.75) is 9.79 Å². The fourth-order valence-electron chi connectivity index (χ4n) is 2.52. The summed E-state index contributed by atoms with van der Waals surface area (Å²) in [7, 11) is -4.08. The van der Waals surface area contributed by atoms with Gasteiger partial charge >= 0.3 is 0 Å². The molecule has 0 amide bonds. The fraction of sp³-hybridized carbons (Fsp3) is 0. The van der Waals surface area contributed by atoms with Crippen molar-refractivity contribution in [3.05, 3.63) is 71.0 Å². The highest BCUT2D eigenvalue weighted by Crippen LogP contribution is 2.33. The number of nitrogens with two attached hydrogens (primary N) is 1. The lowest BCUT2D eigenvalue weighted by molar-refractivity contribution is 0.568. The van der Waals surface area contributed by atoms with E-state index in [0.29, 0.717) is 5.56 Å². The zero-order valence-electron chi connectivity index (χ0n) is 12.8. The quantitative estimate of drug-likeness (QED) is 0.574. The first-order valence-electron chi connectivity index (χ1n) is 7.17. The van der Waals surface area contributed by atoms with Crippen LogP contribution in [-0.4, -0.2) is 8.42 Å². The second kappa shape index (κ2) is 6.92. The Labute approximate surface area is 159 Å². The molecular formula is C18H13BrFNO2S2. The number of hydrogen-bond acceptors (Lipinski definition) is 3. The molecule has 2 N–H and O–H groups in total. The topological polar surface area (TPSA) is 60.2 Å². The van der Waals surface area contributed by atoms with E-state index < -0.39 is 20.7 Å². The maximum absolute atomic E-state index is 14.0. The molecule has 3 aromatic carbocycles. The summed E-state index contributed by atoms with van der Waals surface area (Å²) in [6, 6.07) is 17.2. The lowest BCUT2D eigenvalue weighted by Gasteiger charge is -2.10. The van der Waals surface area contributed by atoms with Crippen LogP contribution in [0.4, 0.5) is 4.39 Å². The molecule has 0 unspecified atom stereocenters. The molecule has 0 heterocycles. The highest BCUT2D eigenvalue weighted by Gasteiger charge is 2.15. The zero-order valence-corrected chi connectivity index (χ0v) is 16.1. The molecule has 0 spiro atoms. The Morgan fingerprint density at radius 2 is 1.60 bits per heavy atom. The number of benzene rings is 3. The van der Waals surface area contributed by atoms with Crippen molar-refractivity contribution in [3.8, 4) is 22.3 Å². The molecule has 0 fully saturated rings. The number of sulfonamides is 1. The molecule has 0 saturated heterocycles. The zero-order chi connectivity index (χ0) is 18.2. The molecule has 7 heteroatoms. The first kappa shape index (κ1) is 18.1. The van der Waals surface area contributed by atoms with E-state index >= 15 is 0 Å². The van der Waals surface area contributed by atoms with Crippen molar-refractivity contribution in [1.82, 2.24) is 0 Å². The molecule has 0 bridgehead atoms. The third-order valence-electron chi connectivity index (χ3n) is 3.71. The van der Waals surface area contributed by atoms with Crippen LogP contribution in [-0.2, 0) is 10.0 Å². The van der Waals surface area contributed by atoms with Crippen molar-refractivity contribution in [3.63, 3.8) is 0 Å². The summed E-state index contributed by atoms with van der Waals surface area (Å²) in [6.45, 7) is 0. The molecule has 0 radical (unpaired) electrons. The van der Waals surface area contributed by atoms with Crippen LogP contribution in [0.25, 0.3) is 22.3 Å². The van der Waals surface area contributed by atoms with Crippen LogP contribution >= 0.6 is 28.6 Å². The lowest BCUT2D eigenvalue weighted by atomic mass is 10.00. The van der Waals surface area contributed by atoms with E-state index in [1.165, 1.54) is 12.1 Å². The molecule has 0 saturated carbocycles. The molecule has 0 aliphatic rings. The van der Waals surface area contributed by atoms with Crippen LogP contribution < -0.4 is 5.14 Å². The van der Waals surface area contributed by atoms with Gasteiger partial charge in [-0.05, 0) is 52.6 Å². The highest BCUT2D eigenvalue weighted by atomic mass is 79.9. The average molecular weight is 438 g/mol. The van der Waals surface area contributed by atoms with Gasteiger partial charge in [0.25, 0.3) is 0 Å². The maximum Gasteiger partial charge on any atom is 0.240 e. The van der Waals surface area contributed by atoms with Crippen LogP contribution in [0.2, 0.25) is 0 Å². The van der Waals surface area contributed by atoms with E-state index in [-0.39, 0.29) is 0 Å². The Kier molecular flexibility index (Phi) is 5.02. The van der Waals surface area contributed by atoms with Gasteiger partial charge < -0.3 is 0 Å². The van der Waals surface area contributed by atoms with Crippen molar-refractivity contribution < 1.29 is 12.8 Å². The van der Waals surface area contributed by atoms with E-state index in [9.17, 15) is 12.8 Å². The smallest absolute Gasteiger partial charge is 0.225 e. The second-order valence-corrected chi connectivity index (χ2v) is 8.36. The molecule has 25 heavy (non-hydrogen) atoms. The fourth-order valence-corrected chi connectivity index (χ4v) is 3.85. The van der Waals surface area contributed by atoms with Gasteiger partial charge in [-0.3, -0.25) is 0 Å². The molecule has 0 aliphatic carbocycles. The van der Waals surface area contributed by atoms with Crippen LogP contribution in [0.5, 0.6) is 0 Å². The van der Waals surface area contributed by atoms with Crippen LogP contribution in [0.15, 0.2) is 74.9 Å². The van der Waals surface area contributed by atoms with Crippen LogP contribution in [0.1, 0.15) is 0 Å². The summed E-state index contributed by atoms with van der Waals surface area (Å²) in [5, 5.41) is 4.98. The Hall–Kier alpha value is -1.67. The van der Waals surface area contributed by atoms with E-state index in [1.807, 2.05) is 42.5 Å². The van der Waals surface area contributed by atoms with Crippen molar-refractivity contribution >= 4 is 38.6 Å². The summed E-state index contributed by atoms with van der Waals surface area (Å²) in [4.78, 5) is 0.208. The minimum Gasteiger partial charge on any atom is -0.225 e. The standard InChI is InChI=1S/C18H13BrFNO2S2/c19-14-3-1-2-13(8-14)15-6-4-12(10-17(15)24)11-5-7-18(16(20)9-11)25(21,22)23/h1-10,24H,(H2,21,22,23). The van der Waals surface area contributed by atoms with Gasteiger partial charge in [0.15, 0.2) is 0 Å².